The van der Waals surface area contributed by atoms with E-state index in [9.17, 15) is 14.4 Å². The molecule has 3 rings (SSSR count). The fraction of sp³-hybridized carbons (Fsp3) is 0.571. The van der Waals surface area contributed by atoms with Crippen LogP contribution in [0.3, 0.4) is 0 Å². The lowest BCUT2D eigenvalue weighted by atomic mass is 9.88. The molecule has 3 amide bonds. The Hall–Kier alpha value is -2.61. The van der Waals surface area contributed by atoms with Crippen LogP contribution >= 0.6 is 0 Å². The SMILES string of the molecule is CC(C)NC(=O)NC(=O)C(C)N1CCC(C(=O)c2ccc3c(c2)OCCO3)CC1. The summed E-state index contributed by atoms with van der Waals surface area (Å²) in [5, 5.41) is 5.01. The van der Waals surface area contributed by atoms with Crippen LogP contribution in [0.25, 0.3) is 0 Å². The highest BCUT2D eigenvalue weighted by Crippen LogP contribution is 2.32. The van der Waals surface area contributed by atoms with Crippen LogP contribution < -0.4 is 20.1 Å². The van der Waals surface area contributed by atoms with E-state index in [-0.39, 0.29) is 23.7 Å². The summed E-state index contributed by atoms with van der Waals surface area (Å²) < 4.78 is 11.1. The Balaban J connectivity index is 1.52. The van der Waals surface area contributed by atoms with Crippen molar-refractivity contribution in [3.63, 3.8) is 0 Å². The first-order valence-electron chi connectivity index (χ1n) is 10.1. The van der Waals surface area contributed by atoms with Crippen molar-refractivity contribution >= 4 is 17.7 Å². The molecule has 2 N–H and O–H groups in total. The molecule has 1 atom stereocenters. The van der Waals surface area contributed by atoms with Gasteiger partial charge < -0.3 is 14.8 Å². The van der Waals surface area contributed by atoms with Crippen molar-refractivity contribution in [3.05, 3.63) is 23.8 Å². The van der Waals surface area contributed by atoms with Gasteiger partial charge in [-0.05, 0) is 64.9 Å². The number of amides is 3. The second-order valence-corrected chi connectivity index (χ2v) is 7.83. The number of urea groups is 1. The number of hydrogen-bond donors (Lipinski definition) is 2. The Morgan fingerprint density at radius 3 is 2.34 bits per heavy atom. The molecule has 2 aliphatic rings. The molecule has 8 nitrogen and oxygen atoms in total. The zero-order chi connectivity index (χ0) is 21.0. The predicted molar refractivity (Wildman–Crippen MR) is 107 cm³/mol. The number of carbonyl (C=O) groups excluding carboxylic acids is 3. The Morgan fingerprint density at radius 2 is 1.69 bits per heavy atom. The van der Waals surface area contributed by atoms with E-state index >= 15 is 0 Å². The van der Waals surface area contributed by atoms with E-state index in [1.807, 2.05) is 18.7 Å². The lowest BCUT2D eigenvalue weighted by molar-refractivity contribution is -0.125. The third kappa shape index (κ3) is 5.26. The van der Waals surface area contributed by atoms with Gasteiger partial charge in [0.2, 0.25) is 5.91 Å². The second kappa shape index (κ2) is 9.26. The molecule has 2 aliphatic heterocycles. The van der Waals surface area contributed by atoms with Gasteiger partial charge in [0.05, 0.1) is 6.04 Å². The number of rotatable bonds is 5. The van der Waals surface area contributed by atoms with Crippen molar-refractivity contribution < 1.29 is 23.9 Å². The van der Waals surface area contributed by atoms with Gasteiger partial charge in [0.1, 0.15) is 13.2 Å². The molecule has 1 fully saturated rings. The summed E-state index contributed by atoms with van der Waals surface area (Å²) in [5.74, 6) is 0.955. The van der Waals surface area contributed by atoms with Crippen LogP contribution in [-0.2, 0) is 4.79 Å². The first-order valence-corrected chi connectivity index (χ1v) is 10.1. The van der Waals surface area contributed by atoms with Crippen molar-refractivity contribution in [1.82, 2.24) is 15.5 Å². The van der Waals surface area contributed by atoms with Gasteiger partial charge >= 0.3 is 6.03 Å². The highest BCUT2D eigenvalue weighted by molar-refractivity contribution is 5.99. The number of benzene rings is 1. The number of carbonyl (C=O) groups is 3. The number of piperidine rings is 1. The van der Waals surface area contributed by atoms with Gasteiger partial charge in [-0.2, -0.15) is 0 Å². The van der Waals surface area contributed by atoms with Crippen LogP contribution in [0.4, 0.5) is 4.79 Å². The topological polar surface area (TPSA) is 97.0 Å². The fourth-order valence-electron chi connectivity index (χ4n) is 3.66. The molecule has 0 saturated carbocycles. The molecule has 0 spiro atoms. The molecular weight excluding hydrogens is 374 g/mol. The van der Waals surface area contributed by atoms with Gasteiger partial charge in [-0.15, -0.1) is 0 Å². The van der Waals surface area contributed by atoms with Crippen LogP contribution in [0.15, 0.2) is 18.2 Å². The predicted octanol–water partition coefficient (Wildman–Crippen LogP) is 1.98. The molecule has 158 valence electrons. The van der Waals surface area contributed by atoms with Crippen LogP contribution in [0.2, 0.25) is 0 Å². The molecule has 1 aromatic carbocycles. The summed E-state index contributed by atoms with van der Waals surface area (Å²) in [4.78, 5) is 38.9. The lowest BCUT2D eigenvalue weighted by Crippen LogP contribution is -2.52. The number of ether oxygens (including phenoxy) is 2. The Labute approximate surface area is 170 Å². The highest BCUT2D eigenvalue weighted by atomic mass is 16.6. The smallest absolute Gasteiger partial charge is 0.321 e. The van der Waals surface area contributed by atoms with E-state index in [1.54, 1.807) is 25.1 Å². The van der Waals surface area contributed by atoms with Crippen molar-refractivity contribution in [2.75, 3.05) is 26.3 Å². The van der Waals surface area contributed by atoms with Crippen molar-refractivity contribution in [1.29, 1.82) is 0 Å². The molecule has 0 aromatic heterocycles. The van der Waals surface area contributed by atoms with Gasteiger partial charge in [0.15, 0.2) is 17.3 Å². The van der Waals surface area contributed by atoms with Crippen LogP contribution in [0, 0.1) is 5.92 Å². The molecule has 1 unspecified atom stereocenters. The molecule has 0 bridgehead atoms. The molecule has 0 radical (unpaired) electrons. The average Bonchev–Trinajstić information content (AvgIpc) is 2.71. The van der Waals surface area contributed by atoms with Crippen molar-refractivity contribution in [3.8, 4) is 11.5 Å². The molecule has 1 aromatic rings. The van der Waals surface area contributed by atoms with Crippen LogP contribution in [-0.4, -0.2) is 61.0 Å². The zero-order valence-electron chi connectivity index (χ0n) is 17.2. The second-order valence-electron chi connectivity index (χ2n) is 7.83. The minimum atomic E-state index is -0.486. The summed E-state index contributed by atoms with van der Waals surface area (Å²) in [5.41, 5.74) is 0.629. The molecule has 2 heterocycles. The van der Waals surface area contributed by atoms with Crippen molar-refractivity contribution in [2.24, 2.45) is 5.92 Å². The maximum Gasteiger partial charge on any atom is 0.321 e. The molecular formula is C21H29N3O5. The normalized spacial score (nSPS) is 18.2. The fourth-order valence-corrected chi connectivity index (χ4v) is 3.66. The highest BCUT2D eigenvalue weighted by Gasteiger charge is 2.31. The van der Waals surface area contributed by atoms with E-state index in [2.05, 4.69) is 10.6 Å². The minimum absolute atomic E-state index is 0.0413. The maximum absolute atomic E-state index is 12.9. The third-order valence-electron chi connectivity index (χ3n) is 5.31. The number of ketones is 1. The molecule has 0 aliphatic carbocycles. The van der Waals surface area contributed by atoms with E-state index in [1.165, 1.54) is 0 Å². The van der Waals surface area contributed by atoms with E-state index in [0.717, 1.165) is 0 Å². The number of likely N-dealkylation sites (tertiary alicyclic amines) is 1. The minimum Gasteiger partial charge on any atom is -0.486 e. The quantitative estimate of drug-likeness (QED) is 0.730. The number of Topliss-reactive ketones (excluding diaryl/α,β-unsaturated/α-hetero) is 1. The van der Waals surface area contributed by atoms with Crippen LogP contribution in [0.1, 0.15) is 44.0 Å². The average molecular weight is 403 g/mol. The molecule has 1 saturated heterocycles. The third-order valence-corrected chi connectivity index (χ3v) is 5.31. The molecule has 8 heteroatoms. The Morgan fingerprint density at radius 1 is 1.03 bits per heavy atom. The summed E-state index contributed by atoms with van der Waals surface area (Å²) in [6, 6.07) is 4.36. The van der Waals surface area contributed by atoms with Gasteiger partial charge in [0.25, 0.3) is 0 Å². The van der Waals surface area contributed by atoms with Gasteiger partial charge in [-0.3, -0.25) is 19.8 Å². The summed E-state index contributed by atoms with van der Waals surface area (Å²) in [6.07, 6.45) is 1.34. The lowest BCUT2D eigenvalue weighted by Gasteiger charge is -2.34. The van der Waals surface area contributed by atoms with Crippen LogP contribution in [0.5, 0.6) is 11.5 Å². The summed E-state index contributed by atoms with van der Waals surface area (Å²) in [6.45, 7) is 7.69. The van der Waals surface area contributed by atoms with E-state index in [0.29, 0.717) is 56.2 Å². The van der Waals surface area contributed by atoms with E-state index < -0.39 is 12.1 Å². The molecule has 29 heavy (non-hydrogen) atoms. The number of nitrogens with zero attached hydrogens (tertiary/aromatic N) is 1. The van der Waals surface area contributed by atoms with E-state index in [4.69, 9.17) is 9.47 Å². The standard InChI is InChI=1S/C21H29N3O5/c1-13(2)22-21(27)23-20(26)14(3)24-8-6-15(7-9-24)19(25)16-4-5-17-18(12-16)29-11-10-28-17/h4-5,12-15H,6-11H2,1-3H3,(H2,22,23,26,27). The first kappa shape index (κ1) is 21.1. The van der Waals surface area contributed by atoms with Gasteiger partial charge in [0, 0.05) is 17.5 Å². The summed E-state index contributed by atoms with van der Waals surface area (Å²) in [7, 11) is 0. The number of hydrogen-bond acceptors (Lipinski definition) is 6. The van der Waals surface area contributed by atoms with Gasteiger partial charge in [-0.1, -0.05) is 0 Å². The van der Waals surface area contributed by atoms with Gasteiger partial charge in [-0.25, -0.2) is 4.79 Å². The zero-order valence-corrected chi connectivity index (χ0v) is 17.2. The number of imide groups is 1. The van der Waals surface area contributed by atoms with Crippen molar-refractivity contribution in [2.45, 2.75) is 45.7 Å². The maximum atomic E-state index is 12.9. The Bertz CT molecular complexity index is 772. The Kier molecular flexibility index (Phi) is 6.74. The monoisotopic (exact) mass is 403 g/mol. The first-order chi connectivity index (χ1) is 13.8. The number of nitrogens with one attached hydrogen (secondary N) is 2. The number of fused-ring (bicyclic) bond motifs is 1. The largest absolute Gasteiger partial charge is 0.486 e. The summed E-state index contributed by atoms with van der Waals surface area (Å²) >= 11 is 0.